The Hall–Kier alpha value is -3.79. The number of pyridine rings is 1. The summed E-state index contributed by atoms with van der Waals surface area (Å²) in [6.45, 7) is 0. The molecule has 0 unspecified atom stereocenters. The maximum Gasteiger partial charge on any atom is 0.270 e. The third-order valence-electron chi connectivity index (χ3n) is 4.09. The minimum Gasteiger partial charge on any atom is -0.545 e. The Kier molecular flexibility index (Phi) is 3.63. The number of hydrogen-bond donors (Lipinski definition) is 1. The number of carbonyl (C=O) groups is 1. The number of hydrogen-bond acceptors (Lipinski definition) is 8. The largest absolute Gasteiger partial charge is 0.545 e. The van der Waals surface area contributed by atoms with Crippen LogP contribution in [0.5, 0.6) is 0 Å². The molecule has 0 spiro atoms. The van der Waals surface area contributed by atoms with Crippen LogP contribution in [-0.2, 0) is 0 Å². The van der Waals surface area contributed by atoms with Crippen molar-refractivity contribution in [2.24, 2.45) is 0 Å². The maximum atomic E-state index is 13.0. The number of benzene rings is 2. The van der Waals surface area contributed by atoms with Gasteiger partial charge in [-0.25, -0.2) is 9.55 Å². The standard InChI is InChI=1S/C17H10N4O5S/c18-14-13(16(23)24)9-6-5-8(21(25)26)7-10(9)15(22)20(14)17-19-11-3-1-2-4-12(11)27-17/h1-7H,18H2,(H,23,24)/p-1. The molecular formula is C17H9N4O5S-. The van der Waals surface area contributed by atoms with Crippen LogP contribution in [0.3, 0.4) is 0 Å². The molecule has 2 N–H and O–H groups in total. The maximum absolute atomic E-state index is 13.0. The van der Waals surface area contributed by atoms with Crippen LogP contribution in [0.1, 0.15) is 10.4 Å². The molecule has 2 aromatic carbocycles. The van der Waals surface area contributed by atoms with Gasteiger partial charge in [0, 0.05) is 23.1 Å². The SMILES string of the molecule is Nc1c(C(=O)[O-])c2ccc([N+](=O)[O-])cc2c(=O)n1-c1nc2ccccc2s1. The highest BCUT2D eigenvalue weighted by atomic mass is 32.1. The minimum absolute atomic E-state index is 0.0274. The molecule has 27 heavy (non-hydrogen) atoms. The topological polar surface area (TPSA) is 144 Å². The molecule has 2 aromatic heterocycles. The molecule has 0 aliphatic rings. The Labute approximate surface area is 154 Å². The zero-order valence-electron chi connectivity index (χ0n) is 13.4. The molecular weight excluding hydrogens is 372 g/mol. The molecule has 4 aromatic rings. The summed E-state index contributed by atoms with van der Waals surface area (Å²) in [6.07, 6.45) is 0. The number of nitrogens with two attached hydrogens (primary N) is 1. The van der Waals surface area contributed by atoms with Crippen LogP contribution in [0.2, 0.25) is 0 Å². The van der Waals surface area contributed by atoms with Crippen molar-refractivity contribution in [2.75, 3.05) is 5.73 Å². The quantitative estimate of drug-likeness (QED) is 0.418. The molecule has 4 rings (SSSR count). The Morgan fingerprint density at radius 1 is 1.19 bits per heavy atom. The number of carboxylic acids is 1. The Morgan fingerprint density at radius 3 is 2.59 bits per heavy atom. The lowest BCUT2D eigenvalue weighted by Crippen LogP contribution is -2.30. The number of non-ortho nitro benzene ring substituents is 1. The van der Waals surface area contributed by atoms with Crippen LogP contribution in [0.25, 0.3) is 26.1 Å². The summed E-state index contributed by atoms with van der Waals surface area (Å²) in [7, 11) is 0. The molecule has 134 valence electrons. The van der Waals surface area contributed by atoms with Gasteiger partial charge in [0.2, 0.25) is 0 Å². The number of aromatic carboxylic acids is 1. The van der Waals surface area contributed by atoms with Crippen molar-refractivity contribution in [1.29, 1.82) is 0 Å². The van der Waals surface area contributed by atoms with Crippen LogP contribution in [0.15, 0.2) is 47.3 Å². The first-order chi connectivity index (χ1) is 12.9. The van der Waals surface area contributed by atoms with E-state index >= 15 is 0 Å². The number of nitrogen functional groups attached to an aromatic ring is 1. The number of carboxylic acid groups (broad SMARTS) is 1. The van der Waals surface area contributed by atoms with Crippen molar-refractivity contribution < 1.29 is 14.8 Å². The first kappa shape index (κ1) is 16.7. The van der Waals surface area contributed by atoms with Crippen LogP contribution in [0.4, 0.5) is 11.5 Å². The summed E-state index contributed by atoms with van der Waals surface area (Å²) in [5.41, 5.74) is 5.13. The average Bonchev–Trinajstić information content (AvgIpc) is 3.04. The molecule has 0 aliphatic carbocycles. The molecule has 0 fully saturated rings. The van der Waals surface area contributed by atoms with Gasteiger partial charge in [-0.15, -0.1) is 0 Å². The van der Waals surface area contributed by atoms with E-state index in [0.717, 1.165) is 32.7 Å². The van der Waals surface area contributed by atoms with Crippen molar-refractivity contribution in [3.8, 4) is 5.13 Å². The van der Waals surface area contributed by atoms with E-state index in [-0.39, 0.29) is 27.4 Å². The van der Waals surface area contributed by atoms with Crippen molar-refractivity contribution in [3.05, 3.63) is 68.5 Å². The summed E-state index contributed by atoms with van der Waals surface area (Å²) in [5.74, 6) is -1.94. The van der Waals surface area contributed by atoms with Crippen LogP contribution >= 0.6 is 11.3 Å². The van der Waals surface area contributed by atoms with Gasteiger partial charge in [0.25, 0.3) is 11.2 Å². The number of thiazole rings is 1. The van der Waals surface area contributed by atoms with E-state index in [1.54, 1.807) is 24.3 Å². The fraction of sp³-hybridized carbons (Fsp3) is 0. The zero-order valence-corrected chi connectivity index (χ0v) is 14.2. The molecule has 0 saturated heterocycles. The fourth-order valence-corrected chi connectivity index (χ4v) is 3.86. The predicted octanol–water partition coefficient (Wildman–Crippen LogP) is 1.45. The van der Waals surface area contributed by atoms with E-state index in [0.29, 0.717) is 5.52 Å². The van der Waals surface area contributed by atoms with E-state index in [1.807, 2.05) is 0 Å². The number of nitrogens with zero attached hydrogens (tertiary/aromatic N) is 3. The van der Waals surface area contributed by atoms with Gasteiger partial charge in [0.1, 0.15) is 5.82 Å². The number of nitro groups is 1. The number of carbonyl (C=O) groups excluding carboxylic acids is 1. The summed E-state index contributed by atoms with van der Waals surface area (Å²) >= 11 is 1.14. The molecule has 10 heteroatoms. The van der Waals surface area contributed by atoms with Gasteiger partial charge in [-0.05, 0) is 18.2 Å². The van der Waals surface area contributed by atoms with E-state index in [9.17, 15) is 24.8 Å². The third-order valence-corrected chi connectivity index (χ3v) is 5.11. The average molecular weight is 381 g/mol. The normalized spacial score (nSPS) is 11.1. The molecule has 9 nitrogen and oxygen atoms in total. The molecule has 2 heterocycles. The van der Waals surface area contributed by atoms with Gasteiger partial charge in [-0.2, -0.15) is 0 Å². The number of nitro benzene ring substituents is 1. The van der Waals surface area contributed by atoms with Gasteiger partial charge in [0.05, 0.1) is 26.5 Å². The molecule has 0 aliphatic heterocycles. The lowest BCUT2D eigenvalue weighted by atomic mass is 10.1. The fourth-order valence-electron chi connectivity index (χ4n) is 2.88. The summed E-state index contributed by atoms with van der Waals surface area (Å²) in [4.78, 5) is 39.4. The van der Waals surface area contributed by atoms with E-state index in [2.05, 4.69) is 4.98 Å². The monoisotopic (exact) mass is 381 g/mol. The second-order valence-electron chi connectivity index (χ2n) is 5.64. The van der Waals surface area contributed by atoms with Crippen LogP contribution in [-0.4, -0.2) is 20.4 Å². The van der Waals surface area contributed by atoms with Crippen molar-refractivity contribution in [2.45, 2.75) is 0 Å². The Morgan fingerprint density at radius 2 is 1.93 bits per heavy atom. The number of anilines is 1. The third kappa shape index (κ3) is 2.50. The Bertz CT molecular complexity index is 1290. The highest BCUT2D eigenvalue weighted by molar-refractivity contribution is 7.20. The second kappa shape index (κ2) is 5.88. The lowest BCUT2D eigenvalue weighted by Gasteiger charge is -2.15. The van der Waals surface area contributed by atoms with Crippen LogP contribution in [0, 0.1) is 10.1 Å². The van der Waals surface area contributed by atoms with E-state index < -0.39 is 22.0 Å². The minimum atomic E-state index is -1.60. The molecule has 0 atom stereocenters. The first-order valence-corrected chi connectivity index (χ1v) is 8.40. The zero-order chi connectivity index (χ0) is 19.3. The summed E-state index contributed by atoms with van der Waals surface area (Å²) in [5, 5.41) is 22.7. The van der Waals surface area contributed by atoms with Gasteiger partial charge in [-0.1, -0.05) is 23.5 Å². The van der Waals surface area contributed by atoms with Crippen molar-refractivity contribution in [1.82, 2.24) is 9.55 Å². The second-order valence-corrected chi connectivity index (χ2v) is 6.65. The highest BCUT2D eigenvalue weighted by Crippen LogP contribution is 2.30. The Balaban J connectivity index is 2.15. The highest BCUT2D eigenvalue weighted by Gasteiger charge is 2.21. The van der Waals surface area contributed by atoms with E-state index in [1.165, 1.54) is 6.07 Å². The van der Waals surface area contributed by atoms with Crippen molar-refractivity contribution in [3.63, 3.8) is 0 Å². The summed E-state index contributed by atoms with van der Waals surface area (Å²) < 4.78 is 1.72. The number of para-hydroxylation sites is 1. The van der Waals surface area contributed by atoms with Crippen molar-refractivity contribution >= 4 is 49.8 Å². The van der Waals surface area contributed by atoms with E-state index in [4.69, 9.17) is 5.73 Å². The molecule has 0 amide bonds. The van der Waals surface area contributed by atoms with Gasteiger partial charge >= 0.3 is 0 Å². The summed E-state index contributed by atoms with van der Waals surface area (Å²) in [6, 6.07) is 10.4. The van der Waals surface area contributed by atoms with Gasteiger partial charge in [-0.3, -0.25) is 14.9 Å². The number of rotatable bonds is 3. The lowest BCUT2D eigenvalue weighted by molar-refractivity contribution is -0.384. The first-order valence-electron chi connectivity index (χ1n) is 7.58. The number of aromatic nitrogens is 2. The van der Waals surface area contributed by atoms with Gasteiger partial charge < -0.3 is 15.6 Å². The number of fused-ring (bicyclic) bond motifs is 2. The van der Waals surface area contributed by atoms with Gasteiger partial charge in [0.15, 0.2) is 5.13 Å². The predicted molar refractivity (Wildman–Crippen MR) is 98.1 cm³/mol. The smallest absolute Gasteiger partial charge is 0.270 e. The van der Waals surface area contributed by atoms with Crippen LogP contribution < -0.4 is 16.4 Å². The molecule has 0 radical (unpaired) electrons. The molecule has 0 bridgehead atoms. The molecule has 0 saturated carbocycles.